The second-order valence-electron chi connectivity index (χ2n) is 24.0. The number of amides is 9. The van der Waals surface area contributed by atoms with Crippen molar-refractivity contribution in [1.82, 2.24) is 45.8 Å². The third kappa shape index (κ3) is 21.5. The number of carbonyl (C=O) groups excluding carboxylic acids is 11. The Kier molecular flexibility index (Phi) is 28.9. The first-order chi connectivity index (χ1) is 42.8. The van der Waals surface area contributed by atoms with Gasteiger partial charge in [-0.3, -0.25) is 52.7 Å². The fourth-order valence-corrected chi connectivity index (χ4v) is 11.2. The molecule has 21 nitrogen and oxygen atoms in total. The molecule has 9 atom stereocenters. The van der Waals surface area contributed by atoms with Gasteiger partial charge in [0.1, 0.15) is 36.8 Å². The van der Waals surface area contributed by atoms with Crippen molar-refractivity contribution >= 4 is 77.4 Å². The van der Waals surface area contributed by atoms with E-state index in [1.807, 2.05) is 13.8 Å². The predicted molar refractivity (Wildman–Crippen MR) is 345 cm³/mol. The zero-order valence-corrected chi connectivity index (χ0v) is 54.2. The first kappa shape index (κ1) is 72.5. The normalized spacial score (nSPS) is 22.9. The molecule has 4 aromatic carbocycles. The van der Waals surface area contributed by atoms with Crippen LogP contribution in [-0.4, -0.2) is 197 Å². The van der Waals surface area contributed by atoms with E-state index in [0.717, 1.165) is 9.80 Å². The van der Waals surface area contributed by atoms with E-state index in [4.69, 9.17) is 0 Å². The third-order valence-electron chi connectivity index (χ3n) is 16.6. The molecule has 1 aliphatic rings. The van der Waals surface area contributed by atoms with Gasteiger partial charge in [0, 0.05) is 79.1 Å². The van der Waals surface area contributed by atoms with Gasteiger partial charge in [-0.05, 0) is 73.6 Å². The molecule has 0 bridgehead atoms. The number of nitrogens with one attached hydrogen (secondary N) is 4. The van der Waals surface area contributed by atoms with E-state index in [1.54, 1.807) is 128 Å². The van der Waals surface area contributed by atoms with Crippen LogP contribution < -0.4 is 21.3 Å². The van der Waals surface area contributed by atoms with E-state index in [0.29, 0.717) is 22.3 Å². The zero-order chi connectivity index (χ0) is 66.2. The first-order valence-electron chi connectivity index (χ1n) is 30.8. The Morgan fingerprint density at radius 1 is 0.622 bits per heavy atom. The lowest BCUT2D eigenvalue weighted by Crippen LogP contribution is -2.59. The molecule has 22 heteroatoms. The van der Waals surface area contributed by atoms with Gasteiger partial charge in [-0.15, -0.1) is 0 Å². The van der Waals surface area contributed by atoms with Crippen molar-refractivity contribution in [3.63, 3.8) is 0 Å². The molecule has 5 N–H and O–H groups in total. The van der Waals surface area contributed by atoms with Crippen molar-refractivity contribution in [1.29, 1.82) is 0 Å². The number of benzene rings is 4. The quantitative estimate of drug-likeness (QED) is 0.0932. The minimum absolute atomic E-state index is 0.0145. The molecular formula is C68H91N9O12S. The molecule has 90 heavy (non-hydrogen) atoms. The van der Waals surface area contributed by atoms with Crippen molar-refractivity contribution in [2.24, 2.45) is 17.8 Å². The van der Waals surface area contributed by atoms with Crippen LogP contribution in [0, 0.1) is 17.8 Å². The Labute approximate surface area is 534 Å². The van der Waals surface area contributed by atoms with Crippen molar-refractivity contribution in [2.75, 3.05) is 60.7 Å². The van der Waals surface area contributed by atoms with Gasteiger partial charge in [0.05, 0.1) is 24.5 Å². The van der Waals surface area contributed by atoms with Crippen LogP contribution in [0.2, 0.25) is 0 Å². The van der Waals surface area contributed by atoms with E-state index in [1.165, 1.54) is 56.9 Å². The largest absolute Gasteiger partial charge is 0.387 e. The molecule has 0 aromatic heterocycles. The SMILES string of the molecule is CC(C)CC1C(=O)N[C@@H](Cc2ccccc2)C(=O)N(C)CC(=O)N(C)[C@@H](Cc2ccccc2)C(=O)C[C@@H](C)C(=O)N(C)[C@@H](C)C(=O)N[C@@H](Cc2ccccc2)C(=O)C[C@@H](CS)C(=O)NCCCC[C@H](NC(=O)[C@H](Cc2ccccc2)N(C)C(=O)CO)C(=O)N1C. The second-order valence-corrected chi connectivity index (χ2v) is 24.3. The Morgan fingerprint density at radius 3 is 1.68 bits per heavy atom. The van der Waals surface area contributed by atoms with E-state index in [-0.39, 0.29) is 82.4 Å². The Bertz CT molecular complexity index is 3070. The summed E-state index contributed by atoms with van der Waals surface area (Å²) in [5, 5.41) is 21.4. The predicted octanol–water partition coefficient (Wildman–Crippen LogP) is 3.64. The zero-order valence-electron chi connectivity index (χ0n) is 53.3. The lowest BCUT2D eigenvalue weighted by Gasteiger charge is -2.35. The summed E-state index contributed by atoms with van der Waals surface area (Å²) < 4.78 is 0. The monoisotopic (exact) mass is 1260 g/mol. The van der Waals surface area contributed by atoms with Gasteiger partial charge in [-0.2, -0.15) is 12.6 Å². The summed E-state index contributed by atoms with van der Waals surface area (Å²) in [7, 11) is 7.07. The number of likely N-dealkylation sites (N-methyl/N-ethyl adjacent to an activating group) is 5. The maximum atomic E-state index is 15.2. The van der Waals surface area contributed by atoms with Crippen LogP contribution in [0.5, 0.6) is 0 Å². The number of hydrogen-bond acceptors (Lipinski definition) is 13. The average Bonchev–Trinajstić information content (AvgIpc) is 2.05. The van der Waals surface area contributed by atoms with Gasteiger partial charge in [0.15, 0.2) is 11.6 Å². The molecule has 1 heterocycles. The van der Waals surface area contributed by atoms with Crippen molar-refractivity contribution < 1.29 is 57.8 Å². The van der Waals surface area contributed by atoms with E-state index in [9.17, 15) is 53.1 Å². The molecule has 486 valence electrons. The van der Waals surface area contributed by atoms with Crippen LogP contribution in [0.4, 0.5) is 0 Å². The number of ketones is 2. The summed E-state index contributed by atoms with van der Waals surface area (Å²) in [6, 6.07) is 27.3. The number of hydrogen-bond donors (Lipinski definition) is 6. The van der Waals surface area contributed by atoms with Gasteiger partial charge >= 0.3 is 0 Å². The fourth-order valence-electron chi connectivity index (χ4n) is 10.9. The lowest BCUT2D eigenvalue weighted by molar-refractivity contribution is -0.146. The summed E-state index contributed by atoms with van der Waals surface area (Å²) in [5.74, 6) is -8.97. The number of nitrogens with zero attached hydrogens (tertiary/aromatic N) is 5. The minimum Gasteiger partial charge on any atom is -0.387 e. The molecule has 1 fully saturated rings. The van der Waals surface area contributed by atoms with Gasteiger partial charge in [-0.25, -0.2) is 0 Å². The smallest absolute Gasteiger partial charge is 0.248 e. The molecule has 0 aliphatic carbocycles. The van der Waals surface area contributed by atoms with E-state index in [2.05, 4.69) is 33.9 Å². The lowest BCUT2D eigenvalue weighted by atomic mass is 9.93. The van der Waals surface area contributed by atoms with E-state index >= 15 is 4.79 Å². The van der Waals surface area contributed by atoms with Crippen molar-refractivity contribution in [3.8, 4) is 0 Å². The summed E-state index contributed by atoms with van der Waals surface area (Å²) >= 11 is 4.45. The summed E-state index contributed by atoms with van der Waals surface area (Å²) in [6.07, 6.45) is 0.00613. The molecule has 4 aromatic rings. The van der Waals surface area contributed by atoms with Gasteiger partial charge in [0.2, 0.25) is 53.2 Å². The van der Waals surface area contributed by atoms with Gasteiger partial charge in [-0.1, -0.05) is 142 Å². The average molecular weight is 1260 g/mol. The highest BCUT2D eigenvalue weighted by Crippen LogP contribution is 2.21. The number of Topliss-reactive ketones (excluding diaryl/α,β-unsaturated/α-hetero) is 2. The number of aliphatic hydroxyl groups is 1. The van der Waals surface area contributed by atoms with Crippen LogP contribution in [0.15, 0.2) is 121 Å². The molecular weight excluding hydrogens is 1170 g/mol. The topological polar surface area (TPSA) is 272 Å². The number of aliphatic hydroxyl groups excluding tert-OH is 1. The minimum atomic E-state index is -1.32. The molecule has 0 saturated carbocycles. The molecule has 1 aliphatic heterocycles. The summed E-state index contributed by atoms with van der Waals surface area (Å²) in [5.41, 5.74) is 2.78. The molecule has 1 unspecified atom stereocenters. The summed E-state index contributed by atoms with van der Waals surface area (Å²) in [4.78, 5) is 164. The Morgan fingerprint density at radius 2 is 1.14 bits per heavy atom. The van der Waals surface area contributed by atoms with Crippen LogP contribution in [0.1, 0.15) is 88.5 Å². The summed E-state index contributed by atoms with van der Waals surface area (Å²) in [6.45, 7) is 5.40. The number of thiol groups is 1. The van der Waals surface area contributed by atoms with E-state index < -0.39 is 132 Å². The van der Waals surface area contributed by atoms with Crippen LogP contribution in [-0.2, 0) is 78.4 Å². The molecule has 0 radical (unpaired) electrons. The Hall–Kier alpha value is -8.24. The number of rotatable bonds is 15. The third-order valence-corrected chi connectivity index (χ3v) is 17.1. The second kappa shape index (κ2) is 35.8. The molecule has 0 spiro atoms. The molecule has 1 saturated heterocycles. The molecule has 9 amide bonds. The van der Waals surface area contributed by atoms with Gasteiger partial charge in [0.25, 0.3) is 0 Å². The first-order valence-corrected chi connectivity index (χ1v) is 31.4. The van der Waals surface area contributed by atoms with Gasteiger partial charge < -0.3 is 50.9 Å². The van der Waals surface area contributed by atoms with Crippen molar-refractivity contribution in [3.05, 3.63) is 144 Å². The van der Waals surface area contributed by atoms with Crippen molar-refractivity contribution in [2.45, 2.75) is 134 Å². The number of carbonyl (C=O) groups is 11. The highest BCUT2D eigenvalue weighted by atomic mass is 32.1. The highest BCUT2D eigenvalue weighted by molar-refractivity contribution is 7.80. The maximum absolute atomic E-state index is 15.2. The standard InChI is InChI=1S/C68H91N9O12S/c1-44(2)34-56-64(85)72-54(37-48-26-16-11-17-27-48)67(88)73(5)41-60(81)75(7)55(38-49-28-18-12-19-29-49)59(80)35-45(3)66(87)74(6)46(4)62(83)71-53(36-47-24-14-10-15-25-47)58(79)40-51(43-90)63(84)69-33-23-22-32-52(68(89)77(56)9)70-65(86)57(76(8)61(82)42-78)39-50-30-20-13-21-31-50/h10-21,24-31,44-46,51-57,78,90H,22-23,32-43H2,1-9H3,(H,69,84)(H,70,86)(H,71,83)(H,72,85)/t45-,46+,51+,52+,53+,54+,55+,56?,57+/m1/s1. The highest BCUT2D eigenvalue weighted by Gasteiger charge is 2.39. The van der Waals surface area contributed by atoms with Crippen LogP contribution in [0.25, 0.3) is 0 Å². The fraction of sp³-hybridized carbons (Fsp3) is 0.485. The van der Waals surface area contributed by atoms with Crippen LogP contribution in [0.3, 0.4) is 0 Å². The maximum Gasteiger partial charge on any atom is 0.248 e. The molecule has 5 rings (SSSR count). The Balaban J connectivity index is 1.56. The van der Waals surface area contributed by atoms with Crippen LogP contribution >= 0.6 is 12.6 Å².